The van der Waals surface area contributed by atoms with E-state index >= 15 is 4.39 Å². The van der Waals surface area contributed by atoms with Gasteiger partial charge in [-0.1, -0.05) is 0 Å². The van der Waals surface area contributed by atoms with Crippen LogP contribution < -0.4 is 9.64 Å². The number of aromatic nitrogens is 2. The summed E-state index contributed by atoms with van der Waals surface area (Å²) in [6, 6.07) is 2.15. The average Bonchev–Trinajstić information content (AvgIpc) is 3.23. The van der Waals surface area contributed by atoms with Crippen molar-refractivity contribution < 1.29 is 23.0 Å². The number of ether oxygens (including phenoxy) is 2. The molecule has 1 aromatic carbocycles. The van der Waals surface area contributed by atoms with Gasteiger partial charge < -0.3 is 19.3 Å². The van der Waals surface area contributed by atoms with E-state index in [1.54, 1.807) is 0 Å². The van der Waals surface area contributed by atoms with Crippen molar-refractivity contribution in [2.24, 2.45) is 0 Å². The highest BCUT2D eigenvalue weighted by atomic mass is 79.9. The number of rotatable bonds is 5. The molecule has 1 amide bonds. The molecule has 4 aliphatic heterocycles. The van der Waals surface area contributed by atoms with Gasteiger partial charge in [-0.05, 0) is 106 Å². The summed E-state index contributed by atoms with van der Waals surface area (Å²) in [6.45, 7) is 9.13. The predicted molar refractivity (Wildman–Crippen MR) is 159 cm³/mol. The summed E-state index contributed by atoms with van der Waals surface area (Å²) in [4.78, 5) is 29.0. The Kier molecular flexibility index (Phi) is 6.88. The molecule has 0 bridgehead atoms. The van der Waals surface area contributed by atoms with Crippen molar-refractivity contribution in [2.75, 3.05) is 44.2 Å². The lowest BCUT2D eigenvalue weighted by Crippen LogP contribution is -2.50. The molecule has 1 aromatic heterocycles. The Balaban J connectivity index is 1.23. The van der Waals surface area contributed by atoms with Crippen LogP contribution in [0.25, 0.3) is 10.9 Å². The third-order valence-corrected chi connectivity index (χ3v) is 10.8. The van der Waals surface area contributed by atoms with E-state index in [0.29, 0.717) is 54.2 Å². The van der Waals surface area contributed by atoms with E-state index in [2.05, 4.69) is 30.7 Å². The van der Waals surface area contributed by atoms with Gasteiger partial charge in [-0.2, -0.15) is 9.97 Å². The van der Waals surface area contributed by atoms with Crippen LogP contribution in [0.1, 0.15) is 83.6 Å². The van der Waals surface area contributed by atoms with E-state index in [1.165, 1.54) is 0 Å². The van der Waals surface area contributed by atoms with Gasteiger partial charge in [-0.25, -0.2) is 13.6 Å². The largest absolute Gasteiger partial charge is 0.461 e. The number of benzene rings is 1. The molecule has 1 unspecified atom stereocenters. The molecule has 1 spiro atoms. The van der Waals surface area contributed by atoms with Crippen LogP contribution in [0.5, 0.6) is 6.01 Å². The molecule has 7 rings (SSSR count). The smallest absolute Gasteiger partial charge is 0.410 e. The molecular weight excluding hydrogens is 608 g/mol. The maximum Gasteiger partial charge on any atom is 0.410 e. The third kappa shape index (κ3) is 4.92. The highest BCUT2D eigenvalue weighted by Gasteiger charge is 2.51. The van der Waals surface area contributed by atoms with E-state index in [1.807, 2.05) is 31.7 Å². The van der Waals surface area contributed by atoms with Crippen molar-refractivity contribution >= 4 is 38.7 Å². The second kappa shape index (κ2) is 10.1. The second-order valence-electron chi connectivity index (χ2n) is 14.1. The second-order valence-corrected chi connectivity index (χ2v) is 14.9. The van der Waals surface area contributed by atoms with Gasteiger partial charge in [-0.3, -0.25) is 4.90 Å². The first kappa shape index (κ1) is 28.5. The molecule has 228 valence electrons. The zero-order valence-corrected chi connectivity index (χ0v) is 26.3. The van der Waals surface area contributed by atoms with E-state index < -0.39 is 17.6 Å². The van der Waals surface area contributed by atoms with Crippen LogP contribution >= 0.6 is 15.9 Å². The highest BCUT2D eigenvalue weighted by molar-refractivity contribution is 9.10. The average molecular weight is 649 g/mol. The van der Waals surface area contributed by atoms with Crippen molar-refractivity contribution in [3.8, 4) is 6.01 Å². The van der Waals surface area contributed by atoms with Crippen molar-refractivity contribution in [2.45, 2.75) is 101 Å². The van der Waals surface area contributed by atoms with Gasteiger partial charge in [0.1, 0.15) is 29.7 Å². The van der Waals surface area contributed by atoms with E-state index in [4.69, 9.17) is 14.5 Å². The molecular formula is C31H40BrF2N5O3. The maximum absolute atomic E-state index is 16.0. The summed E-state index contributed by atoms with van der Waals surface area (Å²) < 4.78 is 42.8. The van der Waals surface area contributed by atoms with E-state index in [9.17, 15) is 9.18 Å². The van der Waals surface area contributed by atoms with Crippen molar-refractivity contribution in [1.29, 1.82) is 0 Å². The lowest BCUT2D eigenvalue weighted by molar-refractivity contribution is 0.0111. The van der Waals surface area contributed by atoms with Crippen LogP contribution in [0.3, 0.4) is 0 Å². The molecule has 1 aliphatic carbocycles. The molecule has 1 saturated carbocycles. The fraction of sp³-hybridized carbons (Fsp3) is 0.710. The lowest BCUT2D eigenvalue weighted by atomic mass is 9.95. The summed E-state index contributed by atoms with van der Waals surface area (Å²) in [5.41, 5.74) is -0.129. The minimum Gasteiger partial charge on any atom is -0.461 e. The Bertz CT molecular complexity index is 1420. The molecule has 5 aliphatic rings. The van der Waals surface area contributed by atoms with Crippen LogP contribution in [0.2, 0.25) is 0 Å². The summed E-state index contributed by atoms with van der Waals surface area (Å²) in [5, 5.41) is 0.661. The minimum atomic E-state index is -0.864. The fourth-order valence-corrected chi connectivity index (χ4v) is 8.46. The van der Waals surface area contributed by atoms with Gasteiger partial charge in [0.2, 0.25) is 0 Å². The molecule has 5 heterocycles. The summed E-state index contributed by atoms with van der Waals surface area (Å²) in [5.74, 6) is 0.554. The van der Waals surface area contributed by atoms with Gasteiger partial charge in [0.25, 0.3) is 0 Å². The monoisotopic (exact) mass is 647 g/mol. The van der Waals surface area contributed by atoms with Gasteiger partial charge >= 0.3 is 12.1 Å². The maximum atomic E-state index is 16.0. The highest BCUT2D eigenvalue weighted by Crippen LogP contribution is 2.48. The SMILES string of the molecule is CC(C)(C)OC(=O)N1CCCC12CCN(c1nc(OC[C@@]34CCCN3C[C@H](F)C4)nc3c(F)c(Br)c(C4CC4)cc13)C2. The Morgan fingerprint density at radius 2 is 1.93 bits per heavy atom. The standard InChI is InChI=1S/C31H40BrF2N5O3/c1-29(2,3)42-28(40)39-12-5-8-30(39)10-13-37(17-30)26-22-14-21(19-6-7-19)23(32)24(34)25(22)35-27(36-26)41-18-31-9-4-11-38(31)16-20(33)15-31/h14,19-20H,4-13,15-18H2,1-3H3/t20-,30?,31+/m1/s1. The summed E-state index contributed by atoms with van der Waals surface area (Å²) >= 11 is 3.51. The van der Waals surface area contributed by atoms with Crippen LogP contribution in [0, 0.1) is 5.82 Å². The Hall–Kier alpha value is -2.27. The Morgan fingerprint density at radius 3 is 2.69 bits per heavy atom. The zero-order chi connectivity index (χ0) is 29.4. The molecule has 11 heteroatoms. The van der Waals surface area contributed by atoms with Gasteiger partial charge in [0, 0.05) is 38.0 Å². The van der Waals surface area contributed by atoms with E-state index in [-0.39, 0.29) is 35.3 Å². The van der Waals surface area contributed by atoms with Crippen molar-refractivity contribution in [1.82, 2.24) is 19.8 Å². The first-order valence-electron chi connectivity index (χ1n) is 15.4. The topological polar surface area (TPSA) is 71.0 Å². The Labute approximate surface area is 254 Å². The molecule has 2 aromatic rings. The molecule has 5 fully saturated rings. The predicted octanol–water partition coefficient (Wildman–Crippen LogP) is 6.34. The Morgan fingerprint density at radius 1 is 1.14 bits per heavy atom. The lowest BCUT2D eigenvalue weighted by Gasteiger charge is -2.36. The number of carbonyl (C=O) groups is 1. The third-order valence-electron chi connectivity index (χ3n) is 9.95. The molecule has 3 atom stereocenters. The number of carbonyl (C=O) groups excluding carboxylic acids is 1. The first-order chi connectivity index (χ1) is 20.0. The number of hydrogen-bond donors (Lipinski definition) is 0. The normalized spacial score (nSPS) is 29.7. The van der Waals surface area contributed by atoms with Crippen LogP contribution in [-0.2, 0) is 4.74 Å². The van der Waals surface area contributed by atoms with Gasteiger partial charge in [-0.15, -0.1) is 0 Å². The molecule has 8 nitrogen and oxygen atoms in total. The van der Waals surface area contributed by atoms with Crippen LogP contribution in [0.4, 0.5) is 19.4 Å². The van der Waals surface area contributed by atoms with Crippen molar-refractivity contribution in [3.05, 3.63) is 21.9 Å². The number of halogens is 3. The quantitative estimate of drug-likeness (QED) is 0.375. The summed E-state index contributed by atoms with van der Waals surface area (Å²) in [7, 11) is 0. The number of fused-ring (bicyclic) bond motifs is 2. The number of anilines is 1. The number of nitrogens with zero attached hydrogens (tertiary/aromatic N) is 5. The number of alkyl halides is 1. The fourth-order valence-electron chi connectivity index (χ4n) is 7.83. The number of likely N-dealkylation sites (tertiary alicyclic amines) is 1. The van der Waals surface area contributed by atoms with Gasteiger partial charge in [0.05, 0.1) is 15.6 Å². The number of amides is 1. The zero-order valence-electron chi connectivity index (χ0n) is 24.7. The van der Waals surface area contributed by atoms with Crippen LogP contribution in [-0.4, -0.2) is 88.0 Å². The van der Waals surface area contributed by atoms with Gasteiger partial charge in [0.15, 0.2) is 5.82 Å². The van der Waals surface area contributed by atoms with Crippen molar-refractivity contribution in [3.63, 3.8) is 0 Å². The minimum absolute atomic E-state index is 0.113. The molecule has 0 radical (unpaired) electrons. The first-order valence-corrected chi connectivity index (χ1v) is 16.2. The molecule has 42 heavy (non-hydrogen) atoms. The van der Waals surface area contributed by atoms with Crippen LogP contribution in [0.15, 0.2) is 10.5 Å². The molecule has 0 N–H and O–H groups in total. The summed E-state index contributed by atoms with van der Waals surface area (Å²) in [6.07, 6.45) is 5.80. The number of hydrogen-bond acceptors (Lipinski definition) is 7. The molecule has 4 saturated heterocycles. The van der Waals surface area contributed by atoms with E-state index in [0.717, 1.165) is 57.1 Å².